The van der Waals surface area contributed by atoms with E-state index in [1.54, 1.807) is 0 Å². The third-order valence-corrected chi connectivity index (χ3v) is 4.01. The average Bonchev–Trinajstić information content (AvgIpc) is 3.11. The minimum atomic E-state index is -0.626. The van der Waals surface area contributed by atoms with Crippen molar-refractivity contribution in [3.8, 4) is 11.5 Å². The molecule has 132 valence electrons. The third kappa shape index (κ3) is 3.98. The van der Waals surface area contributed by atoms with Gasteiger partial charge in [0.2, 0.25) is 5.89 Å². The van der Waals surface area contributed by atoms with Crippen LogP contribution in [0.1, 0.15) is 16.2 Å². The van der Waals surface area contributed by atoms with Gasteiger partial charge in [0.15, 0.2) is 6.61 Å². The normalized spacial score (nSPS) is 10.5. The monoisotopic (exact) mass is 393 g/mol. The molecule has 8 nitrogen and oxygen atoms in total. The minimum Gasteiger partial charge on any atom is -0.452 e. The van der Waals surface area contributed by atoms with Crippen molar-refractivity contribution in [2.24, 2.45) is 0 Å². The quantitative estimate of drug-likeness (QED) is 0.360. The van der Waals surface area contributed by atoms with Gasteiger partial charge in [0.25, 0.3) is 11.6 Å². The Balaban J connectivity index is 1.65. The van der Waals surface area contributed by atoms with Gasteiger partial charge in [-0.2, -0.15) is 0 Å². The van der Waals surface area contributed by atoms with Crippen LogP contribution in [0, 0.1) is 10.1 Å². The number of nitro benzene ring substituents is 1. The molecule has 1 heterocycles. The minimum absolute atomic E-state index is 0.0518. The van der Waals surface area contributed by atoms with Crippen molar-refractivity contribution >= 4 is 34.9 Å². The van der Waals surface area contributed by atoms with Crippen LogP contribution in [0.4, 0.5) is 5.69 Å². The molecule has 2 aromatic carbocycles. The van der Waals surface area contributed by atoms with Gasteiger partial charge in [0.1, 0.15) is 0 Å². The van der Waals surface area contributed by atoms with Gasteiger partial charge in [-0.15, -0.1) is 10.2 Å². The van der Waals surface area contributed by atoms with E-state index < -0.39 is 10.9 Å². The van der Waals surface area contributed by atoms with Crippen molar-refractivity contribution in [3.63, 3.8) is 0 Å². The van der Waals surface area contributed by atoms with Crippen molar-refractivity contribution in [1.82, 2.24) is 10.2 Å². The number of nitrogens with zero attached hydrogens (tertiary/aromatic N) is 3. The second kappa shape index (κ2) is 7.51. The summed E-state index contributed by atoms with van der Waals surface area (Å²) in [7, 11) is 0. The number of hydrogen-bond donors (Lipinski definition) is 0. The van der Waals surface area contributed by atoms with Crippen molar-refractivity contribution in [2.45, 2.75) is 6.61 Å². The van der Waals surface area contributed by atoms with Crippen molar-refractivity contribution in [2.75, 3.05) is 0 Å². The molecule has 0 saturated carbocycles. The van der Waals surface area contributed by atoms with Gasteiger partial charge in [0, 0.05) is 17.7 Å². The summed E-state index contributed by atoms with van der Waals surface area (Å²) in [5.74, 6) is -0.397. The summed E-state index contributed by atoms with van der Waals surface area (Å²) in [4.78, 5) is 22.1. The van der Waals surface area contributed by atoms with Gasteiger partial charge in [-0.25, -0.2) is 4.79 Å². The summed E-state index contributed by atoms with van der Waals surface area (Å²) in [6.07, 6.45) is 0. The maximum absolute atomic E-state index is 12.0. The van der Waals surface area contributed by atoms with E-state index in [9.17, 15) is 14.9 Å². The fourth-order valence-corrected chi connectivity index (χ4v) is 2.29. The maximum Gasteiger partial charge on any atom is 0.338 e. The van der Waals surface area contributed by atoms with Crippen LogP contribution >= 0.6 is 23.2 Å². The molecule has 0 radical (unpaired) electrons. The highest BCUT2D eigenvalue weighted by atomic mass is 35.5. The van der Waals surface area contributed by atoms with Crippen LogP contribution in [0.5, 0.6) is 0 Å². The molecule has 0 amide bonds. The summed E-state index contributed by atoms with van der Waals surface area (Å²) in [6, 6.07) is 9.97. The molecule has 3 aromatic rings. The van der Waals surface area contributed by atoms with E-state index in [0.29, 0.717) is 10.6 Å². The first-order valence-electron chi connectivity index (χ1n) is 7.13. The van der Waals surface area contributed by atoms with Crippen LogP contribution in [0.3, 0.4) is 0 Å². The summed E-state index contributed by atoms with van der Waals surface area (Å²) >= 11 is 11.6. The predicted octanol–water partition coefficient (Wildman–Crippen LogP) is 4.31. The molecule has 0 spiro atoms. The van der Waals surface area contributed by atoms with Gasteiger partial charge < -0.3 is 9.15 Å². The number of esters is 1. The molecule has 0 aliphatic carbocycles. The number of aromatic nitrogens is 2. The van der Waals surface area contributed by atoms with Gasteiger partial charge in [-0.1, -0.05) is 23.2 Å². The summed E-state index contributed by atoms with van der Waals surface area (Å²) < 4.78 is 10.5. The highest BCUT2D eigenvalue weighted by Gasteiger charge is 2.14. The Hall–Kier alpha value is -2.97. The molecule has 0 unspecified atom stereocenters. The van der Waals surface area contributed by atoms with E-state index in [2.05, 4.69) is 10.2 Å². The number of nitro groups is 1. The number of rotatable bonds is 5. The van der Waals surface area contributed by atoms with Gasteiger partial charge in [0.05, 0.1) is 20.5 Å². The van der Waals surface area contributed by atoms with Crippen LogP contribution < -0.4 is 0 Å². The van der Waals surface area contributed by atoms with Crippen LogP contribution in [0.25, 0.3) is 11.5 Å². The average molecular weight is 394 g/mol. The summed E-state index contributed by atoms with van der Waals surface area (Å²) in [6.45, 7) is -0.237. The van der Waals surface area contributed by atoms with Crippen LogP contribution in [-0.4, -0.2) is 21.1 Å². The van der Waals surface area contributed by atoms with E-state index in [4.69, 9.17) is 32.4 Å². The van der Waals surface area contributed by atoms with Gasteiger partial charge in [-0.3, -0.25) is 10.1 Å². The molecule has 0 aliphatic rings. The van der Waals surface area contributed by atoms with E-state index >= 15 is 0 Å². The van der Waals surface area contributed by atoms with Crippen LogP contribution in [0.2, 0.25) is 10.0 Å². The predicted molar refractivity (Wildman–Crippen MR) is 92.0 cm³/mol. The van der Waals surface area contributed by atoms with Gasteiger partial charge >= 0.3 is 5.97 Å². The lowest BCUT2D eigenvalue weighted by atomic mass is 10.2. The number of benzene rings is 2. The van der Waals surface area contributed by atoms with Crippen molar-refractivity contribution in [3.05, 3.63) is 74.1 Å². The van der Waals surface area contributed by atoms with Crippen LogP contribution in [-0.2, 0) is 11.3 Å². The first-order chi connectivity index (χ1) is 12.4. The molecule has 1 aromatic heterocycles. The number of non-ortho nitro benzene ring substituents is 1. The number of ether oxygens (including phenoxy) is 1. The van der Waals surface area contributed by atoms with E-state index in [1.807, 2.05) is 0 Å². The van der Waals surface area contributed by atoms with E-state index in [-0.39, 0.29) is 34.7 Å². The topological polar surface area (TPSA) is 108 Å². The highest BCUT2D eigenvalue weighted by Crippen LogP contribution is 2.24. The summed E-state index contributed by atoms with van der Waals surface area (Å²) in [5, 5.41) is 18.8. The first-order valence-corrected chi connectivity index (χ1v) is 7.89. The van der Waals surface area contributed by atoms with E-state index in [1.165, 1.54) is 42.5 Å². The SMILES string of the molecule is O=C(OCc1nnc(-c2ccc([N+](=O)[O-])cc2)o1)c1ccc(Cl)c(Cl)c1. The van der Waals surface area contributed by atoms with Crippen molar-refractivity contribution in [1.29, 1.82) is 0 Å². The lowest BCUT2D eigenvalue weighted by Crippen LogP contribution is -2.05. The third-order valence-electron chi connectivity index (χ3n) is 3.27. The first kappa shape index (κ1) is 17.8. The molecule has 0 fully saturated rings. The largest absolute Gasteiger partial charge is 0.452 e. The Morgan fingerprint density at radius 3 is 2.50 bits per heavy atom. The summed E-state index contributed by atoms with van der Waals surface area (Å²) in [5.41, 5.74) is 0.684. The highest BCUT2D eigenvalue weighted by molar-refractivity contribution is 6.42. The molecule has 26 heavy (non-hydrogen) atoms. The smallest absolute Gasteiger partial charge is 0.338 e. The van der Waals surface area contributed by atoms with Gasteiger partial charge in [-0.05, 0) is 30.3 Å². The lowest BCUT2D eigenvalue weighted by Gasteiger charge is -2.03. The Kier molecular flexibility index (Phi) is 5.15. The number of hydrogen-bond acceptors (Lipinski definition) is 7. The molecule has 3 rings (SSSR count). The molecular formula is C16H9Cl2N3O5. The number of carbonyl (C=O) groups is 1. The molecular weight excluding hydrogens is 385 g/mol. The Bertz CT molecular complexity index is 972. The molecule has 10 heteroatoms. The van der Waals surface area contributed by atoms with Crippen molar-refractivity contribution < 1.29 is 18.9 Å². The maximum atomic E-state index is 12.0. The van der Waals surface area contributed by atoms with E-state index in [0.717, 1.165) is 0 Å². The zero-order valence-corrected chi connectivity index (χ0v) is 14.4. The second-order valence-corrected chi connectivity index (χ2v) is 5.82. The fraction of sp³-hybridized carbons (Fsp3) is 0.0625. The zero-order valence-electron chi connectivity index (χ0n) is 12.9. The number of carbonyl (C=O) groups excluding carboxylic acids is 1. The van der Waals surface area contributed by atoms with Crippen LogP contribution in [0.15, 0.2) is 46.9 Å². The molecule has 0 bridgehead atoms. The second-order valence-electron chi connectivity index (χ2n) is 5.01. The molecule has 0 saturated heterocycles. The molecule has 0 N–H and O–H groups in total. The standard InChI is InChI=1S/C16H9Cl2N3O5/c17-12-6-3-10(7-13(12)18)16(22)25-8-14-19-20-15(26-14)9-1-4-11(5-2-9)21(23)24/h1-7H,8H2. The molecule has 0 atom stereocenters. The Morgan fingerprint density at radius 1 is 1.12 bits per heavy atom. The zero-order chi connectivity index (χ0) is 18.7. The number of halogens is 2. The Labute approximate surface area is 156 Å². The molecule has 0 aliphatic heterocycles. The fourth-order valence-electron chi connectivity index (χ4n) is 1.99. The Morgan fingerprint density at radius 2 is 1.85 bits per heavy atom. The lowest BCUT2D eigenvalue weighted by molar-refractivity contribution is -0.384.